The lowest BCUT2D eigenvalue weighted by Gasteiger charge is -2.21. The number of methoxy groups -OCH3 is 2. The molecule has 0 aromatic heterocycles. The second-order valence-electron chi connectivity index (χ2n) is 8.26. The van der Waals surface area contributed by atoms with E-state index in [1.807, 2.05) is 18.2 Å². The summed E-state index contributed by atoms with van der Waals surface area (Å²) in [7, 11) is 3.07. The largest absolute Gasteiger partial charge is 0.494 e. The molecule has 30 heavy (non-hydrogen) atoms. The maximum absolute atomic E-state index is 12.7. The van der Waals surface area contributed by atoms with Crippen LogP contribution in [0.4, 0.5) is 11.4 Å². The van der Waals surface area contributed by atoms with Crippen LogP contribution in [0.15, 0.2) is 42.5 Å². The Labute approximate surface area is 177 Å². The first-order valence-corrected chi connectivity index (χ1v) is 10.5. The summed E-state index contributed by atoms with van der Waals surface area (Å²) < 4.78 is 10.9. The van der Waals surface area contributed by atoms with Gasteiger partial charge >= 0.3 is 0 Å². The van der Waals surface area contributed by atoms with Gasteiger partial charge in [0.15, 0.2) is 0 Å². The average molecular weight is 408 g/mol. The molecule has 0 aliphatic heterocycles. The van der Waals surface area contributed by atoms with Gasteiger partial charge in [-0.15, -0.1) is 0 Å². The van der Waals surface area contributed by atoms with Crippen molar-refractivity contribution in [3.8, 4) is 11.5 Å². The fourth-order valence-corrected chi connectivity index (χ4v) is 4.94. The van der Waals surface area contributed by atoms with Crippen LogP contribution in [0.1, 0.15) is 42.5 Å². The predicted molar refractivity (Wildman–Crippen MR) is 116 cm³/mol. The monoisotopic (exact) mass is 408 g/mol. The van der Waals surface area contributed by atoms with Crippen LogP contribution in [0.2, 0.25) is 0 Å². The van der Waals surface area contributed by atoms with E-state index in [1.165, 1.54) is 39.9 Å². The number of nitrogens with one attached hydrogen (secondary N) is 2. The minimum atomic E-state index is -0.246. The molecule has 3 atom stereocenters. The molecule has 0 spiro atoms. The summed E-state index contributed by atoms with van der Waals surface area (Å²) in [6.45, 7) is 0. The van der Waals surface area contributed by atoms with Crippen LogP contribution in [-0.2, 0) is 4.79 Å². The number of carbonyl (C=O) groups excluding carboxylic acids is 2. The van der Waals surface area contributed by atoms with E-state index in [4.69, 9.17) is 9.47 Å². The van der Waals surface area contributed by atoms with Gasteiger partial charge in [0.05, 0.1) is 25.6 Å². The van der Waals surface area contributed by atoms with Crippen molar-refractivity contribution in [3.63, 3.8) is 0 Å². The molecule has 6 nitrogen and oxygen atoms in total. The Kier molecular flexibility index (Phi) is 5.93. The molecule has 2 aromatic carbocycles. The van der Waals surface area contributed by atoms with Gasteiger partial charge in [-0.1, -0.05) is 24.6 Å². The van der Waals surface area contributed by atoms with Crippen molar-refractivity contribution in [2.75, 3.05) is 24.9 Å². The van der Waals surface area contributed by atoms with Crippen molar-refractivity contribution >= 4 is 23.2 Å². The van der Waals surface area contributed by atoms with Crippen LogP contribution in [0.3, 0.4) is 0 Å². The molecule has 2 N–H and O–H groups in total. The molecule has 2 aromatic rings. The van der Waals surface area contributed by atoms with E-state index in [9.17, 15) is 9.59 Å². The molecule has 2 aliphatic carbocycles. The van der Waals surface area contributed by atoms with Gasteiger partial charge in [0.1, 0.15) is 11.5 Å². The highest BCUT2D eigenvalue weighted by Gasteiger charge is 2.40. The van der Waals surface area contributed by atoms with Crippen molar-refractivity contribution in [1.82, 2.24) is 0 Å². The molecule has 2 aliphatic rings. The maximum atomic E-state index is 12.7. The van der Waals surface area contributed by atoms with Crippen LogP contribution >= 0.6 is 0 Å². The Bertz CT molecular complexity index is 928. The molecule has 6 heteroatoms. The summed E-state index contributed by atoms with van der Waals surface area (Å²) in [5.41, 5.74) is 1.57. The summed E-state index contributed by atoms with van der Waals surface area (Å²) in [4.78, 5) is 25.2. The second-order valence-corrected chi connectivity index (χ2v) is 8.26. The van der Waals surface area contributed by atoms with E-state index in [1.54, 1.807) is 24.3 Å². The lowest BCUT2D eigenvalue weighted by Crippen LogP contribution is -2.20. The molecule has 0 heterocycles. The SMILES string of the molecule is COc1cc(NC(=O)c2ccccc2)c(OC)cc1NC(=O)C[C@@H]1C[C@@H]2CC[C@@H]1C2. The average Bonchev–Trinajstić information content (AvgIpc) is 3.38. The summed E-state index contributed by atoms with van der Waals surface area (Å²) in [5.74, 6) is 2.68. The van der Waals surface area contributed by atoms with Gasteiger partial charge in [-0.3, -0.25) is 9.59 Å². The van der Waals surface area contributed by atoms with Crippen molar-refractivity contribution in [3.05, 3.63) is 48.0 Å². The maximum Gasteiger partial charge on any atom is 0.255 e. The molecule has 158 valence electrons. The lowest BCUT2D eigenvalue weighted by atomic mass is 9.86. The van der Waals surface area contributed by atoms with E-state index in [0.717, 1.165) is 5.92 Å². The van der Waals surface area contributed by atoms with Gasteiger partial charge < -0.3 is 20.1 Å². The molecule has 0 unspecified atom stereocenters. The Morgan fingerprint density at radius 2 is 1.60 bits per heavy atom. The standard InChI is InChI=1S/C24H28N2O4/c1-29-21-14-20(26-24(28)16-6-4-3-5-7-16)22(30-2)13-19(21)25-23(27)12-18-11-15-8-9-17(18)10-15/h3-7,13-15,17-18H,8-12H2,1-2H3,(H,25,27)(H,26,28)/t15-,17-,18+/m1/s1. The lowest BCUT2D eigenvalue weighted by molar-refractivity contribution is -0.117. The fourth-order valence-electron chi connectivity index (χ4n) is 4.94. The molecule has 4 rings (SSSR count). The molecule has 0 radical (unpaired) electrons. The van der Waals surface area contributed by atoms with Crippen molar-refractivity contribution in [1.29, 1.82) is 0 Å². The fraction of sp³-hybridized carbons (Fsp3) is 0.417. The highest BCUT2D eigenvalue weighted by Crippen LogP contribution is 2.49. The third-order valence-corrected chi connectivity index (χ3v) is 6.41. The zero-order chi connectivity index (χ0) is 21.1. The summed E-state index contributed by atoms with van der Waals surface area (Å²) in [5, 5.41) is 5.83. The second kappa shape index (κ2) is 8.78. The summed E-state index contributed by atoms with van der Waals surface area (Å²) in [6.07, 6.45) is 5.58. The normalized spacial score (nSPS) is 21.9. The molecular formula is C24H28N2O4. The van der Waals surface area contributed by atoms with Crippen molar-refractivity contribution in [2.24, 2.45) is 17.8 Å². The first-order chi connectivity index (χ1) is 14.6. The topological polar surface area (TPSA) is 76.7 Å². The predicted octanol–water partition coefficient (Wildman–Crippen LogP) is 4.72. The Balaban J connectivity index is 1.48. The summed E-state index contributed by atoms with van der Waals surface area (Å²) >= 11 is 0. The molecule has 2 amide bonds. The Morgan fingerprint density at radius 3 is 2.17 bits per heavy atom. The number of hydrogen-bond donors (Lipinski definition) is 2. The number of fused-ring (bicyclic) bond motifs is 2. The molecule has 0 saturated heterocycles. The number of benzene rings is 2. The summed E-state index contributed by atoms with van der Waals surface area (Å²) in [6, 6.07) is 12.3. The van der Waals surface area contributed by atoms with Crippen LogP contribution in [-0.4, -0.2) is 26.0 Å². The number of anilines is 2. The Hall–Kier alpha value is -3.02. The van der Waals surface area contributed by atoms with Gasteiger partial charge in [-0.2, -0.15) is 0 Å². The van der Waals surface area contributed by atoms with Crippen molar-refractivity contribution in [2.45, 2.75) is 32.1 Å². The molecule has 2 fully saturated rings. The van der Waals surface area contributed by atoms with E-state index < -0.39 is 0 Å². The molecule has 2 bridgehead atoms. The quantitative estimate of drug-likeness (QED) is 0.695. The zero-order valence-corrected chi connectivity index (χ0v) is 17.4. The highest BCUT2D eigenvalue weighted by atomic mass is 16.5. The van der Waals surface area contributed by atoms with E-state index >= 15 is 0 Å². The van der Waals surface area contributed by atoms with Crippen LogP contribution in [0, 0.1) is 17.8 Å². The van der Waals surface area contributed by atoms with Gasteiger partial charge in [-0.25, -0.2) is 0 Å². The third kappa shape index (κ3) is 4.27. The van der Waals surface area contributed by atoms with Crippen LogP contribution < -0.4 is 20.1 Å². The van der Waals surface area contributed by atoms with E-state index in [2.05, 4.69) is 10.6 Å². The molecule has 2 saturated carbocycles. The first-order valence-electron chi connectivity index (χ1n) is 10.5. The third-order valence-electron chi connectivity index (χ3n) is 6.41. The van der Waals surface area contributed by atoms with Gasteiger partial charge in [0, 0.05) is 24.1 Å². The minimum Gasteiger partial charge on any atom is -0.494 e. The highest BCUT2D eigenvalue weighted by molar-refractivity contribution is 6.05. The first kappa shape index (κ1) is 20.3. The van der Waals surface area contributed by atoms with Gasteiger partial charge in [0.2, 0.25) is 5.91 Å². The van der Waals surface area contributed by atoms with Crippen LogP contribution in [0.5, 0.6) is 11.5 Å². The number of ether oxygens (including phenoxy) is 2. The zero-order valence-electron chi connectivity index (χ0n) is 17.4. The van der Waals surface area contributed by atoms with E-state index in [0.29, 0.717) is 46.7 Å². The number of carbonyl (C=O) groups is 2. The van der Waals surface area contributed by atoms with Gasteiger partial charge in [0.25, 0.3) is 5.91 Å². The molecular weight excluding hydrogens is 380 g/mol. The number of amides is 2. The minimum absolute atomic E-state index is 0.00558. The van der Waals surface area contributed by atoms with Crippen molar-refractivity contribution < 1.29 is 19.1 Å². The smallest absolute Gasteiger partial charge is 0.255 e. The van der Waals surface area contributed by atoms with Gasteiger partial charge in [-0.05, 0) is 49.1 Å². The Morgan fingerprint density at radius 1 is 0.933 bits per heavy atom. The van der Waals surface area contributed by atoms with Crippen LogP contribution in [0.25, 0.3) is 0 Å². The number of rotatable bonds is 7. The van der Waals surface area contributed by atoms with E-state index in [-0.39, 0.29) is 11.8 Å². The number of hydrogen-bond acceptors (Lipinski definition) is 4.